The lowest BCUT2D eigenvalue weighted by Crippen LogP contribution is -2.45. The molecule has 2 atom stereocenters. The summed E-state index contributed by atoms with van der Waals surface area (Å²) in [6, 6.07) is 8.04. The van der Waals surface area contributed by atoms with E-state index in [2.05, 4.69) is 0 Å². The molecule has 0 aliphatic carbocycles. The van der Waals surface area contributed by atoms with Crippen LogP contribution in [0.5, 0.6) is 0 Å². The highest BCUT2D eigenvalue weighted by Crippen LogP contribution is 2.23. The number of nitrogens with zero attached hydrogens (tertiary/aromatic N) is 1. The van der Waals surface area contributed by atoms with Crippen molar-refractivity contribution in [3.05, 3.63) is 35.9 Å². The molecule has 19 heavy (non-hydrogen) atoms. The van der Waals surface area contributed by atoms with Crippen LogP contribution < -0.4 is 0 Å². The van der Waals surface area contributed by atoms with E-state index in [4.69, 9.17) is 9.84 Å². The quantitative estimate of drug-likeness (QED) is 0.857. The van der Waals surface area contributed by atoms with Crippen LogP contribution in [0.4, 0.5) is 4.79 Å². The molecule has 0 aromatic heterocycles. The Morgan fingerprint density at radius 3 is 2.58 bits per heavy atom. The molecule has 6 heteroatoms. The molecule has 1 aromatic carbocycles. The van der Waals surface area contributed by atoms with Crippen LogP contribution in [-0.2, 0) is 16.1 Å². The van der Waals surface area contributed by atoms with Gasteiger partial charge in [-0.15, -0.1) is 0 Å². The fourth-order valence-corrected chi connectivity index (χ4v) is 2.08. The predicted octanol–water partition coefficient (Wildman–Crippen LogP) is 1.19. The first kappa shape index (κ1) is 13.4. The van der Waals surface area contributed by atoms with Crippen molar-refractivity contribution in [3.8, 4) is 0 Å². The number of aliphatic hydroxyl groups is 1. The molecule has 1 aliphatic heterocycles. The highest BCUT2D eigenvalue weighted by molar-refractivity contribution is 5.80. The maximum Gasteiger partial charge on any atom is 0.412 e. The molecule has 0 bridgehead atoms. The molecule has 1 heterocycles. The van der Waals surface area contributed by atoms with Gasteiger partial charge in [0.1, 0.15) is 18.9 Å². The molecule has 0 spiro atoms. The van der Waals surface area contributed by atoms with Gasteiger partial charge in [-0.1, -0.05) is 30.3 Å². The van der Waals surface area contributed by atoms with Gasteiger partial charge >= 0.3 is 12.1 Å². The summed E-state index contributed by atoms with van der Waals surface area (Å²) < 4.78 is 5.03. The van der Waals surface area contributed by atoms with Crippen LogP contribution in [0.3, 0.4) is 0 Å². The summed E-state index contributed by atoms with van der Waals surface area (Å²) in [5.74, 6) is -1.13. The first-order valence-corrected chi connectivity index (χ1v) is 5.99. The maximum atomic E-state index is 11.8. The van der Waals surface area contributed by atoms with Gasteiger partial charge in [-0.05, 0) is 18.4 Å². The maximum absolute atomic E-state index is 11.8. The summed E-state index contributed by atoms with van der Waals surface area (Å²) in [5, 5.41) is 18.6. The molecule has 1 fully saturated rings. The number of aliphatic hydroxyl groups excluding tert-OH is 1. The molecule has 6 nitrogen and oxygen atoms in total. The van der Waals surface area contributed by atoms with Crippen LogP contribution in [0.25, 0.3) is 0 Å². The largest absolute Gasteiger partial charge is 0.480 e. The summed E-state index contributed by atoms with van der Waals surface area (Å²) in [7, 11) is 0. The number of aliphatic carboxylic acids is 1. The van der Waals surface area contributed by atoms with E-state index in [-0.39, 0.29) is 19.4 Å². The van der Waals surface area contributed by atoms with Gasteiger partial charge in [-0.25, -0.2) is 9.59 Å². The van der Waals surface area contributed by atoms with Gasteiger partial charge in [-0.3, -0.25) is 4.90 Å². The predicted molar refractivity (Wildman–Crippen MR) is 65.1 cm³/mol. The SMILES string of the molecule is O=C(O)C1CCC(O)N1C(=O)OCc1ccccc1. The summed E-state index contributed by atoms with van der Waals surface area (Å²) >= 11 is 0. The zero-order valence-corrected chi connectivity index (χ0v) is 10.2. The summed E-state index contributed by atoms with van der Waals surface area (Å²) in [4.78, 5) is 23.7. The van der Waals surface area contributed by atoms with Gasteiger partial charge in [-0.2, -0.15) is 0 Å². The number of hydrogen-bond acceptors (Lipinski definition) is 4. The second kappa shape index (κ2) is 5.71. The minimum absolute atomic E-state index is 0.0508. The van der Waals surface area contributed by atoms with Crippen LogP contribution >= 0.6 is 0 Å². The van der Waals surface area contributed by atoms with Crippen molar-refractivity contribution in [1.82, 2.24) is 4.90 Å². The molecule has 1 aliphatic rings. The Morgan fingerprint density at radius 2 is 1.95 bits per heavy atom. The summed E-state index contributed by atoms with van der Waals surface area (Å²) in [6.07, 6.45) is -1.42. The van der Waals surface area contributed by atoms with E-state index in [1.165, 1.54) is 0 Å². The number of benzene rings is 1. The molecule has 102 valence electrons. The van der Waals surface area contributed by atoms with Crippen molar-refractivity contribution in [3.63, 3.8) is 0 Å². The Kier molecular flexibility index (Phi) is 4.01. The fraction of sp³-hybridized carbons (Fsp3) is 0.385. The van der Waals surface area contributed by atoms with Crippen molar-refractivity contribution < 1.29 is 24.5 Å². The van der Waals surface area contributed by atoms with Crippen molar-refractivity contribution in [2.75, 3.05) is 0 Å². The number of likely N-dealkylation sites (tertiary alicyclic amines) is 1. The minimum Gasteiger partial charge on any atom is -0.480 e. The third-order valence-electron chi connectivity index (χ3n) is 3.06. The van der Waals surface area contributed by atoms with E-state index in [0.717, 1.165) is 10.5 Å². The third-order valence-corrected chi connectivity index (χ3v) is 3.06. The summed E-state index contributed by atoms with van der Waals surface area (Å²) in [5.41, 5.74) is 0.802. The van der Waals surface area contributed by atoms with Crippen LogP contribution in [-0.4, -0.2) is 39.4 Å². The molecule has 2 unspecified atom stereocenters. The second-order valence-electron chi connectivity index (χ2n) is 4.36. The van der Waals surface area contributed by atoms with Crippen LogP contribution in [0.15, 0.2) is 30.3 Å². The number of carbonyl (C=O) groups excluding carboxylic acids is 1. The first-order chi connectivity index (χ1) is 9.09. The molecule has 1 aromatic rings. The lowest BCUT2D eigenvalue weighted by Gasteiger charge is -2.24. The monoisotopic (exact) mass is 265 g/mol. The molecule has 2 rings (SSSR count). The zero-order chi connectivity index (χ0) is 13.8. The number of carbonyl (C=O) groups is 2. The molecular weight excluding hydrogens is 250 g/mol. The van der Waals surface area contributed by atoms with E-state index in [1.54, 1.807) is 12.1 Å². The number of amides is 1. The number of ether oxygens (including phenoxy) is 1. The molecule has 1 saturated heterocycles. The van der Waals surface area contributed by atoms with Gasteiger partial charge in [0, 0.05) is 0 Å². The average molecular weight is 265 g/mol. The number of rotatable bonds is 3. The Balaban J connectivity index is 1.97. The lowest BCUT2D eigenvalue weighted by atomic mass is 10.2. The second-order valence-corrected chi connectivity index (χ2v) is 4.36. The Hall–Kier alpha value is -2.08. The lowest BCUT2D eigenvalue weighted by molar-refractivity contribution is -0.143. The van der Waals surface area contributed by atoms with Crippen molar-refractivity contribution >= 4 is 12.1 Å². The van der Waals surface area contributed by atoms with E-state index >= 15 is 0 Å². The molecule has 0 saturated carbocycles. The number of carboxylic acid groups (broad SMARTS) is 1. The standard InChI is InChI=1S/C13H15NO5/c15-11-7-6-10(12(16)17)14(11)13(18)19-8-9-4-2-1-3-5-9/h1-5,10-11,15H,6-8H2,(H,16,17). The van der Waals surface area contributed by atoms with Crippen LogP contribution in [0, 0.1) is 0 Å². The van der Waals surface area contributed by atoms with Gasteiger partial charge in [0.2, 0.25) is 0 Å². The van der Waals surface area contributed by atoms with Crippen LogP contribution in [0.2, 0.25) is 0 Å². The van der Waals surface area contributed by atoms with Gasteiger partial charge in [0.15, 0.2) is 0 Å². The van der Waals surface area contributed by atoms with Gasteiger partial charge < -0.3 is 14.9 Å². The molecule has 1 amide bonds. The fourth-order valence-electron chi connectivity index (χ4n) is 2.08. The highest BCUT2D eigenvalue weighted by atomic mass is 16.6. The molecule has 2 N–H and O–H groups in total. The number of carboxylic acids is 1. The Bertz CT molecular complexity index is 461. The third kappa shape index (κ3) is 3.03. The molecule has 0 radical (unpaired) electrons. The minimum atomic E-state index is -1.13. The van der Waals surface area contributed by atoms with E-state index in [1.807, 2.05) is 18.2 Å². The van der Waals surface area contributed by atoms with Crippen LogP contribution in [0.1, 0.15) is 18.4 Å². The smallest absolute Gasteiger partial charge is 0.412 e. The van der Waals surface area contributed by atoms with E-state index in [9.17, 15) is 14.7 Å². The van der Waals surface area contributed by atoms with E-state index in [0.29, 0.717) is 0 Å². The van der Waals surface area contributed by atoms with E-state index < -0.39 is 24.3 Å². The topological polar surface area (TPSA) is 87.1 Å². The van der Waals surface area contributed by atoms with Gasteiger partial charge in [0.05, 0.1) is 0 Å². The zero-order valence-electron chi connectivity index (χ0n) is 10.2. The normalized spacial score (nSPS) is 22.3. The summed E-state index contributed by atoms with van der Waals surface area (Å²) in [6.45, 7) is 0.0508. The number of hydrogen-bond donors (Lipinski definition) is 2. The Morgan fingerprint density at radius 1 is 1.26 bits per heavy atom. The highest BCUT2D eigenvalue weighted by Gasteiger charge is 2.41. The average Bonchev–Trinajstić information content (AvgIpc) is 2.79. The van der Waals surface area contributed by atoms with Crippen molar-refractivity contribution in [2.45, 2.75) is 31.7 Å². The first-order valence-electron chi connectivity index (χ1n) is 5.99. The molecular formula is C13H15NO5. The van der Waals surface area contributed by atoms with Crippen molar-refractivity contribution in [2.24, 2.45) is 0 Å². The Labute approximate surface area is 110 Å². The van der Waals surface area contributed by atoms with Gasteiger partial charge in [0.25, 0.3) is 0 Å². The van der Waals surface area contributed by atoms with Crippen molar-refractivity contribution in [1.29, 1.82) is 0 Å².